The minimum Gasteiger partial charge on any atom is -0.460 e. The highest BCUT2D eigenvalue weighted by Crippen LogP contribution is 2.29. The van der Waals surface area contributed by atoms with Crippen LogP contribution in [0.2, 0.25) is 0 Å². The van der Waals surface area contributed by atoms with E-state index in [2.05, 4.69) is 15.4 Å². The molecule has 12 heteroatoms. The molecule has 0 spiro atoms. The zero-order valence-corrected chi connectivity index (χ0v) is 26.8. The average molecular weight is 631 g/mol. The lowest BCUT2D eigenvalue weighted by Gasteiger charge is -2.19. The first-order valence-electron chi connectivity index (χ1n) is 15.1. The Hall–Kier alpha value is -3.61. The summed E-state index contributed by atoms with van der Waals surface area (Å²) in [5.41, 5.74) is 2.36. The molecule has 3 rings (SSSR count). The van der Waals surface area contributed by atoms with Gasteiger partial charge in [0, 0.05) is 49.7 Å². The first-order chi connectivity index (χ1) is 21.3. The molecule has 1 heterocycles. The van der Waals surface area contributed by atoms with E-state index in [1.165, 1.54) is 16.9 Å². The Morgan fingerprint density at radius 1 is 0.822 bits per heavy atom. The number of aromatic nitrogens is 4. The van der Waals surface area contributed by atoms with E-state index in [-0.39, 0.29) is 17.3 Å². The van der Waals surface area contributed by atoms with Gasteiger partial charge in [-0.2, -0.15) is 4.80 Å². The highest BCUT2D eigenvalue weighted by atomic mass is 19.3. The number of benzene rings is 2. The van der Waals surface area contributed by atoms with Gasteiger partial charge in [-0.1, -0.05) is 36.4 Å². The quantitative estimate of drug-likeness (QED) is 0.0933. The smallest absolute Gasteiger partial charge is 0.306 e. The van der Waals surface area contributed by atoms with E-state index >= 15 is 0 Å². The molecule has 10 nitrogen and oxygen atoms in total. The van der Waals surface area contributed by atoms with Crippen LogP contribution in [-0.4, -0.2) is 77.2 Å². The van der Waals surface area contributed by atoms with Crippen LogP contribution in [0, 0.1) is 0 Å². The number of carbonyl (C=O) groups excluding carboxylic acids is 2. The second-order valence-corrected chi connectivity index (χ2v) is 11.8. The Morgan fingerprint density at radius 3 is 1.98 bits per heavy atom. The Morgan fingerprint density at radius 2 is 1.42 bits per heavy atom. The van der Waals surface area contributed by atoms with Gasteiger partial charge in [0.05, 0.1) is 33.5 Å². The van der Waals surface area contributed by atoms with Crippen molar-refractivity contribution in [3.63, 3.8) is 0 Å². The van der Waals surface area contributed by atoms with E-state index in [1.807, 2.05) is 26.8 Å². The topological polar surface area (TPSA) is 115 Å². The molecule has 0 radical (unpaired) electrons. The number of hydrogen-bond acceptors (Lipinski definition) is 9. The van der Waals surface area contributed by atoms with Crippen molar-refractivity contribution >= 4 is 11.8 Å². The summed E-state index contributed by atoms with van der Waals surface area (Å²) < 4.78 is 49.1. The molecule has 246 valence electrons. The van der Waals surface area contributed by atoms with Crippen molar-refractivity contribution in [3.05, 3.63) is 64.7 Å². The number of alkyl halides is 2. The van der Waals surface area contributed by atoms with E-state index in [0.717, 1.165) is 18.1 Å². The number of ether oxygens (including phenoxy) is 4. The van der Waals surface area contributed by atoms with E-state index in [0.29, 0.717) is 88.7 Å². The second kappa shape index (κ2) is 17.2. The Balaban J connectivity index is 1.37. The third-order valence-electron chi connectivity index (χ3n) is 6.56. The number of nitrogens with zero attached hydrogens (tertiary/aromatic N) is 4. The number of ketones is 1. The lowest BCUT2D eigenvalue weighted by molar-refractivity contribution is -0.155. The molecule has 3 aromatic rings. The van der Waals surface area contributed by atoms with Gasteiger partial charge >= 0.3 is 5.97 Å². The SMILES string of the molecule is Cn1nnc(-c2cc(C(=O)CCCOCCOCCOCCCC(=O)OC(C)(C)C)ccc2Cc2ccc(C(C)(F)F)cc2)n1. The Kier molecular flexibility index (Phi) is 13.7. The first kappa shape index (κ1) is 35.9. The molecule has 1 aromatic heterocycles. The minimum atomic E-state index is -2.91. The molecule has 45 heavy (non-hydrogen) atoms. The van der Waals surface area contributed by atoms with Crippen molar-refractivity contribution in [2.75, 3.05) is 39.6 Å². The highest BCUT2D eigenvalue weighted by molar-refractivity contribution is 5.97. The molecule has 0 aliphatic heterocycles. The molecule has 0 unspecified atom stereocenters. The maximum atomic E-state index is 13.6. The first-order valence-corrected chi connectivity index (χ1v) is 15.1. The molecule has 0 bridgehead atoms. The number of halogens is 2. The number of aryl methyl sites for hydroxylation is 1. The van der Waals surface area contributed by atoms with Crippen LogP contribution in [0.4, 0.5) is 8.78 Å². The number of esters is 1. The number of Topliss-reactive ketones (excluding diaryl/α,β-unsaturated/α-hetero) is 1. The third kappa shape index (κ3) is 13.1. The summed E-state index contributed by atoms with van der Waals surface area (Å²) in [6.07, 6.45) is 2.22. The maximum absolute atomic E-state index is 13.6. The lowest BCUT2D eigenvalue weighted by atomic mass is 9.94. The summed E-state index contributed by atoms with van der Waals surface area (Å²) >= 11 is 0. The number of hydrogen-bond donors (Lipinski definition) is 0. The van der Waals surface area contributed by atoms with Crippen molar-refractivity contribution in [2.45, 2.75) is 71.3 Å². The summed E-state index contributed by atoms with van der Waals surface area (Å²) in [7, 11) is 1.66. The molecule has 0 atom stereocenters. The molecule has 0 amide bonds. The predicted molar refractivity (Wildman–Crippen MR) is 164 cm³/mol. The Bertz CT molecular complexity index is 1370. The van der Waals surface area contributed by atoms with E-state index in [9.17, 15) is 18.4 Å². The van der Waals surface area contributed by atoms with E-state index < -0.39 is 11.5 Å². The van der Waals surface area contributed by atoms with Crippen molar-refractivity contribution in [3.8, 4) is 11.4 Å². The largest absolute Gasteiger partial charge is 0.460 e. The average Bonchev–Trinajstić information content (AvgIpc) is 3.40. The summed E-state index contributed by atoms with van der Waals surface area (Å²) in [6, 6.07) is 11.6. The standard InChI is InChI=1S/C33H44F2N4O6/c1-32(2,3)45-30(41)9-7-17-43-19-21-44-20-18-42-16-6-8-29(40)26-13-12-25(28(23-26)31-36-38-39(5)37-31)22-24-10-14-27(15-11-24)33(4,34)35/h10-15,23H,6-9,16-22H2,1-5H3. The summed E-state index contributed by atoms with van der Waals surface area (Å²) in [5.74, 6) is -2.79. The fourth-order valence-corrected chi connectivity index (χ4v) is 4.37. The molecular formula is C33H44F2N4O6. The molecule has 0 aliphatic carbocycles. The number of carbonyl (C=O) groups is 2. The summed E-state index contributed by atoms with van der Waals surface area (Å²) in [4.78, 5) is 26.0. The van der Waals surface area contributed by atoms with Gasteiger partial charge in [0.15, 0.2) is 5.78 Å². The monoisotopic (exact) mass is 630 g/mol. The van der Waals surface area contributed by atoms with Crippen molar-refractivity contribution in [1.82, 2.24) is 20.2 Å². The van der Waals surface area contributed by atoms with Gasteiger partial charge in [-0.25, -0.2) is 8.78 Å². The van der Waals surface area contributed by atoms with Gasteiger partial charge in [0.25, 0.3) is 5.92 Å². The van der Waals surface area contributed by atoms with Gasteiger partial charge in [0.1, 0.15) is 5.60 Å². The molecule has 2 aromatic carbocycles. The van der Waals surface area contributed by atoms with Crippen LogP contribution in [-0.2, 0) is 43.1 Å². The Labute approximate surface area is 263 Å². The zero-order valence-electron chi connectivity index (χ0n) is 26.8. The van der Waals surface area contributed by atoms with Crippen LogP contribution in [0.25, 0.3) is 11.4 Å². The molecule has 0 saturated carbocycles. The van der Waals surface area contributed by atoms with Gasteiger partial charge < -0.3 is 18.9 Å². The van der Waals surface area contributed by atoms with Crippen molar-refractivity contribution in [1.29, 1.82) is 0 Å². The summed E-state index contributed by atoms with van der Waals surface area (Å²) in [5, 5.41) is 12.4. The van der Waals surface area contributed by atoms with E-state index in [1.54, 1.807) is 31.3 Å². The molecule has 0 saturated heterocycles. The fraction of sp³-hybridized carbons (Fsp3) is 0.545. The van der Waals surface area contributed by atoms with Crippen molar-refractivity contribution in [2.24, 2.45) is 7.05 Å². The van der Waals surface area contributed by atoms with Gasteiger partial charge in [-0.05, 0) is 62.4 Å². The molecule has 0 fully saturated rings. The summed E-state index contributed by atoms with van der Waals surface area (Å²) in [6.45, 7) is 8.93. The van der Waals surface area contributed by atoms with Crippen LogP contribution >= 0.6 is 0 Å². The number of tetrazole rings is 1. The number of rotatable bonds is 19. The second-order valence-electron chi connectivity index (χ2n) is 11.8. The van der Waals surface area contributed by atoms with Crippen LogP contribution < -0.4 is 0 Å². The molecular weight excluding hydrogens is 586 g/mol. The highest BCUT2D eigenvalue weighted by Gasteiger charge is 2.24. The van der Waals surface area contributed by atoms with Crippen molar-refractivity contribution < 1.29 is 37.3 Å². The van der Waals surface area contributed by atoms with Crippen LogP contribution in [0.5, 0.6) is 0 Å². The van der Waals surface area contributed by atoms with Gasteiger partial charge in [-0.3, -0.25) is 9.59 Å². The minimum absolute atomic E-state index is 0.0371. The maximum Gasteiger partial charge on any atom is 0.306 e. The third-order valence-corrected chi connectivity index (χ3v) is 6.56. The predicted octanol–water partition coefficient (Wildman–Crippen LogP) is 5.71. The zero-order chi connectivity index (χ0) is 32.9. The molecule has 0 aliphatic rings. The lowest BCUT2D eigenvalue weighted by Crippen LogP contribution is -2.23. The van der Waals surface area contributed by atoms with Gasteiger partial charge in [-0.15, -0.1) is 10.2 Å². The normalized spacial score (nSPS) is 12.0. The fourth-order valence-electron chi connectivity index (χ4n) is 4.37. The van der Waals surface area contributed by atoms with Crippen LogP contribution in [0.3, 0.4) is 0 Å². The molecule has 0 N–H and O–H groups in total. The van der Waals surface area contributed by atoms with Crippen LogP contribution in [0.1, 0.15) is 80.4 Å². The van der Waals surface area contributed by atoms with E-state index in [4.69, 9.17) is 18.9 Å². The van der Waals surface area contributed by atoms with Gasteiger partial charge in [0.2, 0.25) is 5.82 Å². The van der Waals surface area contributed by atoms with Crippen LogP contribution in [0.15, 0.2) is 42.5 Å².